The van der Waals surface area contributed by atoms with Gasteiger partial charge in [0, 0.05) is 35.2 Å². The van der Waals surface area contributed by atoms with Gasteiger partial charge in [-0.25, -0.2) is 8.78 Å². The minimum absolute atomic E-state index is 0.000336. The van der Waals surface area contributed by atoms with E-state index in [4.69, 9.17) is 0 Å². The monoisotopic (exact) mass is 441 g/mol. The molecule has 27 heavy (non-hydrogen) atoms. The third-order valence-corrected chi connectivity index (χ3v) is 4.94. The number of benzene rings is 1. The second kappa shape index (κ2) is 8.43. The second-order valence-corrected chi connectivity index (χ2v) is 8.02. The van der Waals surface area contributed by atoms with E-state index in [1.54, 1.807) is 23.0 Å². The van der Waals surface area contributed by atoms with E-state index in [1.807, 2.05) is 18.7 Å². The van der Waals surface area contributed by atoms with Gasteiger partial charge in [-0.2, -0.15) is 0 Å². The van der Waals surface area contributed by atoms with Crippen LogP contribution in [0.1, 0.15) is 36.3 Å². The highest BCUT2D eigenvalue weighted by atomic mass is 79.9. The lowest BCUT2D eigenvalue weighted by molar-refractivity contribution is 0.0938. The molecule has 6 nitrogen and oxygen atoms in total. The topological polar surface area (TPSA) is 63.1 Å². The summed E-state index contributed by atoms with van der Waals surface area (Å²) in [6.45, 7) is 4.66. The third kappa shape index (κ3) is 5.10. The molecule has 3 rings (SSSR count). The van der Waals surface area contributed by atoms with Gasteiger partial charge in [-0.05, 0) is 38.5 Å². The third-order valence-electron chi connectivity index (χ3n) is 4.45. The molecule has 2 heterocycles. The van der Waals surface area contributed by atoms with Gasteiger partial charge in [0.2, 0.25) is 0 Å². The van der Waals surface area contributed by atoms with Crippen LogP contribution in [0.5, 0.6) is 0 Å². The zero-order valence-corrected chi connectivity index (χ0v) is 16.8. The van der Waals surface area contributed by atoms with Crippen molar-refractivity contribution in [2.75, 3.05) is 6.54 Å². The van der Waals surface area contributed by atoms with Crippen molar-refractivity contribution in [2.24, 2.45) is 0 Å². The van der Waals surface area contributed by atoms with Crippen molar-refractivity contribution in [3.05, 3.63) is 45.9 Å². The Hall–Kier alpha value is -1.87. The Morgan fingerprint density at radius 2 is 2.22 bits per heavy atom. The second-order valence-electron chi connectivity index (χ2n) is 7.11. The molecule has 0 aliphatic carbocycles. The maximum absolute atomic E-state index is 14.1. The molecule has 146 valence electrons. The van der Waals surface area contributed by atoms with Crippen LogP contribution in [-0.2, 0) is 13.1 Å². The van der Waals surface area contributed by atoms with Crippen molar-refractivity contribution in [1.29, 1.82) is 0 Å². The van der Waals surface area contributed by atoms with E-state index in [-0.39, 0.29) is 36.0 Å². The van der Waals surface area contributed by atoms with Gasteiger partial charge in [-0.3, -0.25) is 14.4 Å². The SMILES string of the molecule is CC(C)NC(=O)c1cn(CC2CC(F)CN2Cc2cc(Br)ccc2F)nn1. The van der Waals surface area contributed by atoms with Gasteiger partial charge in [0.1, 0.15) is 12.0 Å². The lowest BCUT2D eigenvalue weighted by Crippen LogP contribution is -2.33. The van der Waals surface area contributed by atoms with Crippen LogP contribution in [0.3, 0.4) is 0 Å². The van der Waals surface area contributed by atoms with E-state index < -0.39 is 6.17 Å². The highest BCUT2D eigenvalue weighted by molar-refractivity contribution is 9.10. The number of hydrogen-bond donors (Lipinski definition) is 1. The van der Waals surface area contributed by atoms with Gasteiger partial charge in [0.15, 0.2) is 5.69 Å². The fourth-order valence-corrected chi connectivity index (χ4v) is 3.64. The molecule has 2 unspecified atom stereocenters. The van der Waals surface area contributed by atoms with Crippen LogP contribution in [0.2, 0.25) is 0 Å². The van der Waals surface area contributed by atoms with Crippen LogP contribution in [0.25, 0.3) is 0 Å². The summed E-state index contributed by atoms with van der Waals surface area (Å²) >= 11 is 3.34. The number of aromatic nitrogens is 3. The first-order chi connectivity index (χ1) is 12.8. The van der Waals surface area contributed by atoms with Crippen LogP contribution in [0.4, 0.5) is 8.78 Å². The molecule has 2 atom stereocenters. The Balaban J connectivity index is 1.69. The van der Waals surface area contributed by atoms with Gasteiger partial charge in [-0.1, -0.05) is 21.1 Å². The molecule has 9 heteroatoms. The van der Waals surface area contributed by atoms with Crippen LogP contribution < -0.4 is 5.32 Å². The van der Waals surface area contributed by atoms with Crippen molar-refractivity contribution in [1.82, 2.24) is 25.2 Å². The number of hydrogen-bond acceptors (Lipinski definition) is 4. The number of halogens is 3. The molecule has 1 aromatic heterocycles. The Labute approximate surface area is 165 Å². The molecule has 1 aliphatic heterocycles. The maximum Gasteiger partial charge on any atom is 0.273 e. The fraction of sp³-hybridized carbons (Fsp3) is 0.500. The molecule has 1 N–H and O–H groups in total. The summed E-state index contributed by atoms with van der Waals surface area (Å²) in [5.74, 6) is -0.605. The first-order valence-corrected chi connectivity index (χ1v) is 9.64. The number of nitrogens with one attached hydrogen (secondary N) is 1. The Morgan fingerprint density at radius 3 is 2.96 bits per heavy atom. The van der Waals surface area contributed by atoms with Crippen LogP contribution in [-0.4, -0.2) is 50.6 Å². The standard InChI is InChI=1S/C18H22BrF2N5O/c1-11(2)22-18(27)17-10-26(24-23-17)9-15-6-14(20)8-25(15)7-12-5-13(19)3-4-16(12)21/h3-5,10-11,14-15H,6-9H2,1-2H3,(H,22,27). The zero-order valence-electron chi connectivity index (χ0n) is 15.2. The summed E-state index contributed by atoms with van der Waals surface area (Å²) in [7, 11) is 0. The molecule has 0 spiro atoms. The van der Waals surface area contributed by atoms with Crippen LogP contribution in [0, 0.1) is 5.82 Å². The Kier molecular flexibility index (Phi) is 6.21. The lowest BCUT2D eigenvalue weighted by Gasteiger charge is -2.24. The predicted octanol–water partition coefficient (Wildman–Crippen LogP) is 2.93. The predicted molar refractivity (Wildman–Crippen MR) is 100 cm³/mol. The molecule has 1 aromatic carbocycles. The minimum atomic E-state index is -0.975. The molecular formula is C18H22BrF2N5O. The first kappa shape index (κ1) is 19.9. The highest BCUT2D eigenvalue weighted by Crippen LogP contribution is 2.26. The minimum Gasteiger partial charge on any atom is -0.348 e. The van der Waals surface area contributed by atoms with Crippen molar-refractivity contribution >= 4 is 21.8 Å². The molecule has 0 radical (unpaired) electrons. The molecule has 1 aliphatic rings. The van der Waals surface area contributed by atoms with Gasteiger partial charge in [-0.15, -0.1) is 5.10 Å². The van der Waals surface area contributed by atoms with Crippen LogP contribution in [0.15, 0.2) is 28.9 Å². The smallest absolute Gasteiger partial charge is 0.273 e. The van der Waals surface area contributed by atoms with Crippen molar-refractivity contribution in [2.45, 2.75) is 51.6 Å². The first-order valence-electron chi connectivity index (χ1n) is 8.85. The molecule has 1 fully saturated rings. The average Bonchev–Trinajstić information content (AvgIpc) is 3.18. The summed E-state index contributed by atoms with van der Waals surface area (Å²) in [6.07, 6.45) is 0.918. The van der Waals surface area contributed by atoms with Gasteiger partial charge in [0.05, 0.1) is 12.7 Å². The number of rotatable bonds is 6. The van der Waals surface area contributed by atoms with E-state index in [9.17, 15) is 13.6 Å². The summed E-state index contributed by atoms with van der Waals surface area (Å²) in [5, 5.41) is 10.6. The van der Waals surface area contributed by atoms with Crippen molar-refractivity contribution in [3.63, 3.8) is 0 Å². The van der Waals surface area contributed by atoms with Crippen molar-refractivity contribution < 1.29 is 13.6 Å². The molecule has 1 saturated heterocycles. The molecule has 1 amide bonds. The maximum atomic E-state index is 14.1. The zero-order chi connectivity index (χ0) is 19.6. The molecule has 0 bridgehead atoms. The number of likely N-dealkylation sites (tertiary alicyclic amines) is 1. The Morgan fingerprint density at radius 1 is 1.44 bits per heavy atom. The largest absolute Gasteiger partial charge is 0.348 e. The molecule has 0 saturated carbocycles. The summed E-state index contributed by atoms with van der Waals surface area (Å²) in [6, 6.07) is 4.59. The van der Waals surface area contributed by atoms with Gasteiger partial charge < -0.3 is 5.32 Å². The van der Waals surface area contributed by atoms with Gasteiger partial charge >= 0.3 is 0 Å². The number of alkyl halides is 1. The summed E-state index contributed by atoms with van der Waals surface area (Å²) < 4.78 is 30.4. The lowest BCUT2D eigenvalue weighted by atomic mass is 10.1. The number of carbonyl (C=O) groups is 1. The number of amides is 1. The number of nitrogens with zero attached hydrogens (tertiary/aromatic N) is 4. The van der Waals surface area contributed by atoms with E-state index in [2.05, 4.69) is 31.6 Å². The van der Waals surface area contributed by atoms with E-state index in [0.717, 1.165) is 4.47 Å². The molecular weight excluding hydrogens is 420 g/mol. The van der Waals surface area contributed by atoms with Crippen LogP contribution >= 0.6 is 15.9 Å². The van der Waals surface area contributed by atoms with E-state index in [0.29, 0.717) is 25.1 Å². The van der Waals surface area contributed by atoms with Gasteiger partial charge in [0.25, 0.3) is 5.91 Å². The molecule has 2 aromatic rings. The number of carbonyl (C=O) groups excluding carboxylic acids is 1. The van der Waals surface area contributed by atoms with Crippen molar-refractivity contribution in [3.8, 4) is 0 Å². The summed E-state index contributed by atoms with van der Waals surface area (Å²) in [4.78, 5) is 13.9. The fourth-order valence-electron chi connectivity index (χ4n) is 3.23. The highest BCUT2D eigenvalue weighted by Gasteiger charge is 2.33. The quantitative estimate of drug-likeness (QED) is 0.748. The normalized spacial score (nSPS) is 20.4. The van der Waals surface area contributed by atoms with E-state index >= 15 is 0 Å². The van der Waals surface area contributed by atoms with E-state index in [1.165, 1.54) is 6.07 Å². The summed E-state index contributed by atoms with van der Waals surface area (Å²) in [5.41, 5.74) is 0.738. The Bertz CT molecular complexity index is 813. The average molecular weight is 442 g/mol.